The summed E-state index contributed by atoms with van der Waals surface area (Å²) in [5.41, 5.74) is 2.02. The van der Waals surface area contributed by atoms with Crippen LogP contribution >= 0.6 is 11.6 Å². The number of carbonyl (C=O) groups excluding carboxylic acids is 1. The predicted molar refractivity (Wildman–Crippen MR) is 77.2 cm³/mol. The van der Waals surface area contributed by atoms with Crippen LogP contribution in [0.3, 0.4) is 0 Å². The number of Topliss-reactive ketones (excluding diaryl/α,β-unsaturated/α-hetero) is 1. The van der Waals surface area contributed by atoms with Crippen LogP contribution in [0.15, 0.2) is 42.5 Å². The number of hydrogen-bond acceptors (Lipinski definition) is 3. The lowest BCUT2D eigenvalue weighted by atomic mass is 10.1. The van der Waals surface area contributed by atoms with Crippen molar-refractivity contribution in [2.45, 2.75) is 6.92 Å². The molecule has 0 aliphatic rings. The smallest absolute Gasteiger partial charge is 0.200 e. The van der Waals surface area contributed by atoms with E-state index in [4.69, 9.17) is 21.6 Å². The Morgan fingerprint density at radius 3 is 2.60 bits per heavy atom. The van der Waals surface area contributed by atoms with Crippen molar-refractivity contribution in [1.82, 2.24) is 0 Å². The zero-order chi connectivity index (χ0) is 14.5. The molecule has 100 valence electrons. The fourth-order valence-electron chi connectivity index (χ4n) is 1.67. The van der Waals surface area contributed by atoms with Crippen molar-refractivity contribution in [3.8, 4) is 11.8 Å². The second kappa shape index (κ2) is 6.23. The number of nitrogens with zero attached hydrogens (tertiary/aromatic N) is 1. The van der Waals surface area contributed by atoms with Crippen LogP contribution in [-0.4, -0.2) is 12.4 Å². The van der Waals surface area contributed by atoms with E-state index in [1.807, 2.05) is 25.1 Å². The van der Waals surface area contributed by atoms with Crippen LogP contribution in [0.4, 0.5) is 0 Å². The predicted octanol–water partition coefficient (Wildman–Crippen LogP) is 3.78. The van der Waals surface area contributed by atoms with Gasteiger partial charge in [0.15, 0.2) is 12.4 Å². The first-order chi connectivity index (χ1) is 9.60. The van der Waals surface area contributed by atoms with E-state index in [0.29, 0.717) is 21.9 Å². The van der Waals surface area contributed by atoms with Crippen LogP contribution in [0.25, 0.3) is 0 Å². The molecule has 0 unspecified atom stereocenters. The monoisotopic (exact) mass is 285 g/mol. The van der Waals surface area contributed by atoms with Crippen molar-refractivity contribution in [3.63, 3.8) is 0 Å². The molecule has 0 atom stereocenters. The molecule has 0 saturated heterocycles. The van der Waals surface area contributed by atoms with E-state index in [9.17, 15) is 4.79 Å². The van der Waals surface area contributed by atoms with Gasteiger partial charge in [-0.3, -0.25) is 4.79 Å². The minimum Gasteiger partial charge on any atom is -0.484 e. The maximum absolute atomic E-state index is 12.0. The Kier molecular flexibility index (Phi) is 4.39. The molecule has 0 amide bonds. The normalized spacial score (nSPS) is 9.85. The number of benzene rings is 2. The highest BCUT2D eigenvalue weighted by Gasteiger charge is 2.09. The molecule has 0 fully saturated rings. The van der Waals surface area contributed by atoms with Crippen LogP contribution in [0, 0.1) is 18.3 Å². The van der Waals surface area contributed by atoms with Gasteiger partial charge in [0.25, 0.3) is 0 Å². The zero-order valence-electron chi connectivity index (χ0n) is 10.9. The average Bonchev–Trinajstić information content (AvgIpc) is 2.45. The number of halogens is 1. The first-order valence-electron chi connectivity index (χ1n) is 6.02. The summed E-state index contributed by atoms with van der Waals surface area (Å²) in [6.45, 7) is 1.83. The fraction of sp³-hybridized carbons (Fsp3) is 0.125. The summed E-state index contributed by atoms with van der Waals surface area (Å²) in [6, 6.07) is 13.9. The maximum Gasteiger partial charge on any atom is 0.200 e. The van der Waals surface area contributed by atoms with Gasteiger partial charge in [-0.15, -0.1) is 0 Å². The molecule has 0 aliphatic carbocycles. The first kappa shape index (κ1) is 14.1. The number of ketones is 1. The van der Waals surface area contributed by atoms with Crippen LogP contribution in [-0.2, 0) is 0 Å². The van der Waals surface area contributed by atoms with Gasteiger partial charge in [0.1, 0.15) is 11.8 Å². The summed E-state index contributed by atoms with van der Waals surface area (Å²) in [5, 5.41) is 9.42. The second-order valence-electron chi connectivity index (χ2n) is 4.33. The second-order valence-corrected chi connectivity index (χ2v) is 4.77. The number of carbonyl (C=O) groups is 1. The van der Waals surface area contributed by atoms with Gasteiger partial charge in [0, 0.05) is 16.7 Å². The summed E-state index contributed by atoms with van der Waals surface area (Å²) in [4.78, 5) is 12.0. The number of aryl methyl sites for hydroxylation is 1. The third-order valence-corrected chi connectivity index (χ3v) is 3.03. The largest absolute Gasteiger partial charge is 0.484 e. The summed E-state index contributed by atoms with van der Waals surface area (Å²) >= 11 is 5.85. The van der Waals surface area contributed by atoms with Gasteiger partial charge in [-0.2, -0.15) is 5.26 Å². The number of nitriles is 1. The van der Waals surface area contributed by atoms with Crippen molar-refractivity contribution in [1.29, 1.82) is 5.26 Å². The number of rotatable bonds is 4. The lowest BCUT2D eigenvalue weighted by molar-refractivity contribution is 0.0921. The Hall–Kier alpha value is -2.31. The molecular weight excluding hydrogens is 274 g/mol. The molecule has 2 aromatic rings. The molecule has 0 aliphatic heterocycles. The standard InChI is InChI=1S/C16H12ClNO2/c1-11-2-4-12(5-3-11)15(19)10-20-16-8-14(17)7-6-13(16)9-18/h2-8H,10H2,1H3. The molecule has 2 aromatic carbocycles. The van der Waals surface area contributed by atoms with Gasteiger partial charge in [-0.05, 0) is 19.1 Å². The third kappa shape index (κ3) is 3.37. The fourth-order valence-corrected chi connectivity index (χ4v) is 1.84. The van der Waals surface area contributed by atoms with Crippen molar-refractivity contribution in [2.24, 2.45) is 0 Å². The van der Waals surface area contributed by atoms with E-state index in [1.165, 1.54) is 6.07 Å². The summed E-state index contributed by atoms with van der Waals surface area (Å²) in [6.07, 6.45) is 0. The molecular formula is C16H12ClNO2. The zero-order valence-corrected chi connectivity index (χ0v) is 11.6. The summed E-state index contributed by atoms with van der Waals surface area (Å²) in [5.74, 6) is 0.175. The number of hydrogen-bond donors (Lipinski definition) is 0. The molecule has 4 heteroatoms. The molecule has 0 N–H and O–H groups in total. The Balaban J connectivity index is 2.09. The molecule has 3 nitrogen and oxygen atoms in total. The van der Waals surface area contributed by atoms with E-state index in [-0.39, 0.29) is 12.4 Å². The van der Waals surface area contributed by atoms with Crippen molar-refractivity contribution in [3.05, 3.63) is 64.2 Å². The Labute approximate surface area is 122 Å². The van der Waals surface area contributed by atoms with Crippen molar-refractivity contribution in [2.75, 3.05) is 6.61 Å². The molecule has 0 radical (unpaired) electrons. The minimum atomic E-state index is -0.145. The third-order valence-electron chi connectivity index (χ3n) is 2.80. The highest BCUT2D eigenvalue weighted by Crippen LogP contribution is 2.22. The van der Waals surface area contributed by atoms with E-state index in [0.717, 1.165) is 5.56 Å². The van der Waals surface area contributed by atoms with E-state index >= 15 is 0 Å². The molecule has 0 saturated carbocycles. The Morgan fingerprint density at radius 2 is 1.95 bits per heavy atom. The Morgan fingerprint density at radius 1 is 1.25 bits per heavy atom. The van der Waals surface area contributed by atoms with Crippen molar-refractivity contribution >= 4 is 17.4 Å². The van der Waals surface area contributed by atoms with Gasteiger partial charge < -0.3 is 4.74 Å². The van der Waals surface area contributed by atoms with Gasteiger partial charge in [0.2, 0.25) is 0 Å². The van der Waals surface area contributed by atoms with Gasteiger partial charge in [-0.25, -0.2) is 0 Å². The Bertz CT molecular complexity index is 672. The van der Waals surface area contributed by atoms with Gasteiger partial charge in [-0.1, -0.05) is 41.4 Å². The average molecular weight is 286 g/mol. The van der Waals surface area contributed by atoms with Gasteiger partial charge >= 0.3 is 0 Å². The molecule has 0 bridgehead atoms. The summed E-state index contributed by atoms with van der Waals surface area (Å²) < 4.78 is 5.40. The summed E-state index contributed by atoms with van der Waals surface area (Å²) in [7, 11) is 0. The SMILES string of the molecule is Cc1ccc(C(=O)COc2cc(Cl)ccc2C#N)cc1. The molecule has 0 spiro atoms. The van der Waals surface area contributed by atoms with Gasteiger partial charge in [0.05, 0.1) is 5.56 Å². The minimum absolute atomic E-state index is 0.127. The number of ether oxygens (including phenoxy) is 1. The van der Waals surface area contributed by atoms with Crippen LogP contribution in [0.1, 0.15) is 21.5 Å². The van der Waals surface area contributed by atoms with Crippen LogP contribution in [0.5, 0.6) is 5.75 Å². The molecule has 20 heavy (non-hydrogen) atoms. The van der Waals surface area contributed by atoms with E-state index < -0.39 is 0 Å². The van der Waals surface area contributed by atoms with Crippen molar-refractivity contribution < 1.29 is 9.53 Å². The van der Waals surface area contributed by atoms with Crippen LogP contribution in [0.2, 0.25) is 5.02 Å². The van der Waals surface area contributed by atoms with E-state index in [1.54, 1.807) is 24.3 Å². The lowest BCUT2D eigenvalue weighted by Crippen LogP contribution is -2.12. The lowest BCUT2D eigenvalue weighted by Gasteiger charge is -2.07. The van der Waals surface area contributed by atoms with Crippen LogP contribution < -0.4 is 4.74 Å². The topological polar surface area (TPSA) is 50.1 Å². The highest BCUT2D eigenvalue weighted by molar-refractivity contribution is 6.30. The first-order valence-corrected chi connectivity index (χ1v) is 6.40. The molecule has 0 heterocycles. The quantitative estimate of drug-likeness (QED) is 0.803. The molecule has 2 rings (SSSR count). The maximum atomic E-state index is 12.0. The van der Waals surface area contributed by atoms with E-state index in [2.05, 4.69) is 0 Å². The highest BCUT2D eigenvalue weighted by atomic mass is 35.5. The molecule has 0 aromatic heterocycles.